The summed E-state index contributed by atoms with van der Waals surface area (Å²) in [5.41, 5.74) is 1.04. The van der Waals surface area contributed by atoms with Crippen LogP contribution >= 0.6 is 23.2 Å². The fourth-order valence-electron chi connectivity index (χ4n) is 3.89. The molecule has 2 atom stereocenters. The average molecular weight is 609 g/mol. The number of nitrogens with one attached hydrogen (secondary N) is 1. The lowest BCUT2D eigenvalue weighted by Gasteiger charge is -2.32. The molecule has 3 aromatic rings. The molecule has 0 aliphatic carbocycles. The second-order valence-electron chi connectivity index (χ2n) is 9.53. The molecule has 40 heavy (non-hydrogen) atoms. The van der Waals surface area contributed by atoms with Crippen LogP contribution in [0.25, 0.3) is 0 Å². The molecule has 0 heterocycles. The third-order valence-corrected chi connectivity index (χ3v) is 8.89. The second kappa shape index (κ2) is 13.5. The highest BCUT2D eigenvalue weighted by molar-refractivity contribution is 7.92. The molecule has 7 nitrogen and oxygen atoms in total. The van der Waals surface area contributed by atoms with E-state index in [2.05, 4.69) is 5.32 Å². The number of hydrogen-bond donors (Lipinski definition) is 1. The standard InChI is InChI=1S/C29H32Cl2FN3O4S/c1-5-20(3)33-29(37)21(4)34(17-22-12-13-23(30)16-25(22)31)28(36)18-35(27-9-7-6-8-26(27)32)40(38,39)24-14-10-19(2)11-15-24/h6-16,20-21H,5,17-18H2,1-4H3,(H,33,37)/t20-,21+/m1/s1. The summed E-state index contributed by atoms with van der Waals surface area (Å²) in [4.78, 5) is 28.1. The number of rotatable bonds is 11. The van der Waals surface area contributed by atoms with Crippen LogP contribution in [0.15, 0.2) is 71.6 Å². The Morgan fingerprint density at radius 3 is 2.25 bits per heavy atom. The number of hydrogen-bond acceptors (Lipinski definition) is 4. The number of benzene rings is 3. The Balaban J connectivity index is 2.06. The van der Waals surface area contributed by atoms with Crippen LogP contribution in [-0.2, 0) is 26.2 Å². The summed E-state index contributed by atoms with van der Waals surface area (Å²) in [5, 5.41) is 3.52. The summed E-state index contributed by atoms with van der Waals surface area (Å²) in [5.74, 6) is -1.97. The third kappa shape index (κ3) is 7.53. The molecule has 0 fully saturated rings. The Kier molecular flexibility index (Phi) is 10.6. The zero-order valence-electron chi connectivity index (χ0n) is 22.7. The Labute approximate surface area is 244 Å². The lowest BCUT2D eigenvalue weighted by Crippen LogP contribution is -2.52. The van der Waals surface area contributed by atoms with Crippen LogP contribution < -0.4 is 9.62 Å². The van der Waals surface area contributed by atoms with Gasteiger partial charge in [0.25, 0.3) is 10.0 Å². The first-order valence-electron chi connectivity index (χ1n) is 12.7. The molecule has 3 aromatic carbocycles. The Morgan fingerprint density at radius 2 is 1.65 bits per heavy atom. The minimum Gasteiger partial charge on any atom is -0.352 e. The molecule has 0 radical (unpaired) electrons. The number of carbonyl (C=O) groups is 2. The van der Waals surface area contributed by atoms with Gasteiger partial charge in [-0.1, -0.05) is 66.0 Å². The van der Waals surface area contributed by atoms with Crippen molar-refractivity contribution in [2.75, 3.05) is 10.8 Å². The normalized spacial score (nSPS) is 12.9. The van der Waals surface area contributed by atoms with Gasteiger partial charge in [-0.15, -0.1) is 0 Å². The molecule has 0 bridgehead atoms. The first kappa shape index (κ1) is 31.4. The van der Waals surface area contributed by atoms with Gasteiger partial charge in [-0.25, -0.2) is 12.8 Å². The fraction of sp³-hybridized carbons (Fsp3) is 0.310. The van der Waals surface area contributed by atoms with E-state index in [1.807, 2.05) is 13.8 Å². The van der Waals surface area contributed by atoms with Crippen molar-refractivity contribution in [3.05, 3.63) is 93.7 Å². The van der Waals surface area contributed by atoms with E-state index >= 15 is 0 Å². The lowest BCUT2D eigenvalue weighted by atomic mass is 10.1. The predicted octanol–water partition coefficient (Wildman–Crippen LogP) is 5.97. The number of halogens is 3. The molecular formula is C29H32Cl2FN3O4S. The van der Waals surface area contributed by atoms with Gasteiger partial charge in [0, 0.05) is 22.6 Å². The van der Waals surface area contributed by atoms with Crippen LogP contribution in [0.1, 0.15) is 38.3 Å². The maximum absolute atomic E-state index is 15.0. The molecular weight excluding hydrogens is 576 g/mol. The van der Waals surface area contributed by atoms with Crippen molar-refractivity contribution in [2.45, 2.75) is 57.6 Å². The maximum Gasteiger partial charge on any atom is 0.264 e. The van der Waals surface area contributed by atoms with Gasteiger partial charge in [0.1, 0.15) is 18.4 Å². The van der Waals surface area contributed by atoms with E-state index in [4.69, 9.17) is 23.2 Å². The van der Waals surface area contributed by atoms with Crippen molar-refractivity contribution in [1.29, 1.82) is 0 Å². The van der Waals surface area contributed by atoms with Gasteiger partial charge in [-0.3, -0.25) is 13.9 Å². The lowest BCUT2D eigenvalue weighted by molar-refractivity contribution is -0.139. The molecule has 214 valence electrons. The molecule has 2 amide bonds. The van der Waals surface area contributed by atoms with Crippen LogP contribution in [-0.4, -0.2) is 43.8 Å². The van der Waals surface area contributed by atoms with E-state index in [1.54, 1.807) is 38.1 Å². The predicted molar refractivity (Wildman–Crippen MR) is 156 cm³/mol. The topological polar surface area (TPSA) is 86.8 Å². The van der Waals surface area contributed by atoms with Crippen molar-refractivity contribution in [3.8, 4) is 0 Å². The SMILES string of the molecule is CC[C@@H](C)NC(=O)[C@H](C)N(Cc1ccc(Cl)cc1Cl)C(=O)CN(c1ccccc1F)S(=O)(=O)c1ccc(C)cc1. The third-order valence-electron chi connectivity index (χ3n) is 6.53. The van der Waals surface area contributed by atoms with E-state index < -0.39 is 40.2 Å². The number of carbonyl (C=O) groups excluding carboxylic acids is 2. The first-order chi connectivity index (χ1) is 18.8. The second-order valence-corrected chi connectivity index (χ2v) is 12.2. The zero-order valence-corrected chi connectivity index (χ0v) is 25.0. The van der Waals surface area contributed by atoms with E-state index in [0.717, 1.165) is 15.9 Å². The number of anilines is 1. The Bertz CT molecular complexity index is 1470. The molecule has 0 unspecified atom stereocenters. The quantitative estimate of drug-likeness (QED) is 0.291. The largest absolute Gasteiger partial charge is 0.352 e. The molecule has 0 aromatic heterocycles. The van der Waals surface area contributed by atoms with Gasteiger partial charge in [0.2, 0.25) is 11.8 Å². The van der Waals surface area contributed by atoms with E-state index in [-0.39, 0.29) is 28.2 Å². The summed E-state index contributed by atoms with van der Waals surface area (Å²) in [6.45, 7) is 6.22. The van der Waals surface area contributed by atoms with Crippen molar-refractivity contribution in [1.82, 2.24) is 10.2 Å². The molecule has 0 spiro atoms. The van der Waals surface area contributed by atoms with Gasteiger partial charge in [0.15, 0.2) is 0 Å². The zero-order chi connectivity index (χ0) is 29.6. The molecule has 0 aliphatic rings. The van der Waals surface area contributed by atoms with Crippen molar-refractivity contribution < 1.29 is 22.4 Å². The van der Waals surface area contributed by atoms with Crippen LogP contribution in [0.2, 0.25) is 10.0 Å². The van der Waals surface area contributed by atoms with Crippen LogP contribution in [0, 0.1) is 12.7 Å². The molecule has 11 heteroatoms. The summed E-state index contributed by atoms with van der Waals surface area (Å²) in [6.07, 6.45) is 0.672. The fourth-order valence-corrected chi connectivity index (χ4v) is 5.78. The van der Waals surface area contributed by atoms with Gasteiger partial charge < -0.3 is 10.2 Å². The van der Waals surface area contributed by atoms with Gasteiger partial charge in [-0.05, 0) is 69.2 Å². The van der Waals surface area contributed by atoms with Gasteiger partial charge >= 0.3 is 0 Å². The minimum atomic E-state index is -4.38. The molecule has 1 N–H and O–H groups in total. The molecule has 0 saturated heterocycles. The highest BCUT2D eigenvalue weighted by Gasteiger charge is 2.34. The summed E-state index contributed by atoms with van der Waals surface area (Å²) >= 11 is 12.4. The van der Waals surface area contributed by atoms with Crippen molar-refractivity contribution >= 4 is 50.7 Å². The number of amides is 2. The molecule has 0 aliphatic heterocycles. The summed E-state index contributed by atoms with van der Waals surface area (Å²) < 4.78 is 43.2. The number of sulfonamides is 1. The maximum atomic E-state index is 15.0. The van der Waals surface area contributed by atoms with E-state index in [9.17, 15) is 22.4 Å². The number of aryl methyl sites for hydroxylation is 1. The van der Waals surface area contributed by atoms with E-state index in [0.29, 0.717) is 17.0 Å². The number of nitrogens with zero attached hydrogens (tertiary/aromatic N) is 2. The van der Waals surface area contributed by atoms with Gasteiger partial charge in [-0.2, -0.15) is 0 Å². The Morgan fingerprint density at radius 1 is 1.00 bits per heavy atom. The van der Waals surface area contributed by atoms with Gasteiger partial charge in [0.05, 0.1) is 10.6 Å². The average Bonchev–Trinajstić information content (AvgIpc) is 2.91. The van der Waals surface area contributed by atoms with Crippen LogP contribution in [0.4, 0.5) is 10.1 Å². The van der Waals surface area contributed by atoms with Crippen LogP contribution in [0.3, 0.4) is 0 Å². The molecule has 3 rings (SSSR count). The van der Waals surface area contributed by atoms with Crippen molar-refractivity contribution in [3.63, 3.8) is 0 Å². The van der Waals surface area contributed by atoms with E-state index in [1.165, 1.54) is 41.3 Å². The monoisotopic (exact) mass is 607 g/mol. The summed E-state index contributed by atoms with van der Waals surface area (Å²) in [7, 11) is -4.38. The minimum absolute atomic E-state index is 0.107. The first-order valence-corrected chi connectivity index (χ1v) is 14.9. The Hall–Kier alpha value is -3.14. The smallest absolute Gasteiger partial charge is 0.264 e. The highest BCUT2D eigenvalue weighted by Crippen LogP contribution is 2.28. The summed E-state index contributed by atoms with van der Waals surface area (Å²) in [6, 6.07) is 14.9. The highest BCUT2D eigenvalue weighted by atomic mass is 35.5. The van der Waals surface area contributed by atoms with Crippen LogP contribution in [0.5, 0.6) is 0 Å². The molecule has 0 saturated carbocycles. The number of para-hydroxylation sites is 1. The van der Waals surface area contributed by atoms with Crippen molar-refractivity contribution in [2.24, 2.45) is 0 Å².